The van der Waals surface area contributed by atoms with Gasteiger partial charge in [-0.15, -0.1) is 0 Å². The van der Waals surface area contributed by atoms with E-state index >= 15 is 0 Å². The van der Waals surface area contributed by atoms with Crippen LogP contribution >= 0.6 is 0 Å². The number of hydrogen-bond donors (Lipinski definition) is 2. The summed E-state index contributed by atoms with van der Waals surface area (Å²) in [6.07, 6.45) is 1.08. The molecular weight excluding hydrogens is 336 g/mol. The number of anilines is 1. The van der Waals surface area contributed by atoms with Crippen molar-refractivity contribution in [2.24, 2.45) is 5.92 Å². The van der Waals surface area contributed by atoms with Gasteiger partial charge in [-0.2, -0.15) is 0 Å². The Morgan fingerprint density at radius 1 is 0.926 bits per heavy atom. The van der Waals surface area contributed by atoms with Crippen molar-refractivity contribution < 1.29 is 9.59 Å². The Hall–Kier alpha value is -2.62. The van der Waals surface area contributed by atoms with Gasteiger partial charge in [0.1, 0.15) is 6.04 Å². The number of amides is 2. The quantitative estimate of drug-likeness (QED) is 0.732. The lowest BCUT2D eigenvalue weighted by molar-refractivity contribution is -0.118. The van der Waals surface area contributed by atoms with Crippen molar-refractivity contribution >= 4 is 17.5 Å². The fourth-order valence-electron chi connectivity index (χ4n) is 2.82. The first kappa shape index (κ1) is 20.7. The first-order chi connectivity index (χ1) is 12.8. The Labute approximate surface area is 162 Å². The number of carbonyl (C=O) groups excluding carboxylic acids is 2. The van der Waals surface area contributed by atoms with Gasteiger partial charge in [-0.1, -0.05) is 57.5 Å². The summed E-state index contributed by atoms with van der Waals surface area (Å²) in [6.45, 7) is 10.2. The largest absolute Gasteiger partial charge is 0.340 e. The maximum atomic E-state index is 12.7. The monoisotopic (exact) mass is 366 g/mol. The van der Waals surface area contributed by atoms with Gasteiger partial charge in [-0.25, -0.2) is 0 Å². The summed E-state index contributed by atoms with van der Waals surface area (Å²) in [7, 11) is 0. The molecule has 0 aliphatic rings. The van der Waals surface area contributed by atoms with Gasteiger partial charge in [0.2, 0.25) is 5.91 Å². The van der Waals surface area contributed by atoms with E-state index in [9.17, 15) is 9.59 Å². The van der Waals surface area contributed by atoms with E-state index in [2.05, 4.69) is 24.5 Å². The second-order valence-corrected chi connectivity index (χ2v) is 7.48. The minimum absolute atomic E-state index is 0.0289. The molecule has 0 aliphatic carbocycles. The molecule has 2 aromatic carbocycles. The van der Waals surface area contributed by atoms with Gasteiger partial charge in [-0.3, -0.25) is 9.59 Å². The topological polar surface area (TPSA) is 58.2 Å². The molecular formula is C23H30N2O2. The van der Waals surface area contributed by atoms with Crippen molar-refractivity contribution in [3.63, 3.8) is 0 Å². The Kier molecular flexibility index (Phi) is 7.17. The van der Waals surface area contributed by atoms with Crippen LogP contribution in [0.3, 0.4) is 0 Å². The molecule has 2 atom stereocenters. The van der Waals surface area contributed by atoms with Crippen molar-refractivity contribution in [3.8, 4) is 0 Å². The molecule has 144 valence electrons. The fraction of sp³-hybridized carbons (Fsp3) is 0.391. The van der Waals surface area contributed by atoms with E-state index in [1.165, 1.54) is 5.56 Å². The predicted molar refractivity (Wildman–Crippen MR) is 111 cm³/mol. The third-order valence-electron chi connectivity index (χ3n) is 4.91. The summed E-state index contributed by atoms with van der Waals surface area (Å²) in [5, 5.41) is 5.78. The molecule has 0 fully saturated rings. The highest BCUT2D eigenvalue weighted by molar-refractivity contribution is 6.01. The van der Waals surface area contributed by atoms with E-state index in [1.54, 1.807) is 12.1 Å². The summed E-state index contributed by atoms with van der Waals surface area (Å²) in [5.74, 6) is 0.0171. The highest BCUT2D eigenvalue weighted by Crippen LogP contribution is 2.21. The molecule has 4 nitrogen and oxygen atoms in total. The van der Waals surface area contributed by atoms with Gasteiger partial charge in [0.05, 0.1) is 0 Å². The average Bonchev–Trinajstić information content (AvgIpc) is 2.66. The standard InChI is InChI=1S/C23H30N2O2/c1-6-17(5)18-11-13-20(14-12-18)24-23(27)21(15(2)3)25-22(26)19-9-7-16(4)8-10-19/h7-15,17,21H,6H2,1-5H3,(H,24,27)(H,25,26)/t17-,21-/m0/s1. The van der Waals surface area contributed by atoms with Crippen LogP contribution in [0.5, 0.6) is 0 Å². The first-order valence-electron chi connectivity index (χ1n) is 9.60. The molecule has 0 radical (unpaired) electrons. The minimum atomic E-state index is -0.604. The maximum Gasteiger partial charge on any atom is 0.251 e. The molecule has 0 bridgehead atoms. The predicted octanol–water partition coefficient (Wildman–Crippen LogP) is 4.90. The zero-order valence-electron chi connectivity index (χ0n) is 16.9. The Morgan fingerprint density at radius 2 is 1.52 bits per heavy atom. The molecule has 0 aromatic heterocycles. The summed E-state index contributed by atoms with van der Waals surface area (Å²) in [5.41, 5.74) is 3.63. The van der Waals surface area contributed by atoms with Gasteiger partial charge in [0, 0.05) is 11.3 Å². The highest BCUT2D eigenvalue weighted by Gasteiger charge is 2.24. The SMILES string of the molecule is CC[C@H](C)c1ccc(NC(=O)[C@@H](NC(=O)c2ccc(C)cc2)C(C)C)cc1. The zero-order chi connectivity index (χ0) is 20.0. The average molecular weight is 367 g/mol. The van der Waals surface area contributed by atoms with Gasteiger partial charge >= 0.3 is 0 Å². The van der Waals surface area contributed by atoms with Crippen molar-refractivity contribution in [1.29, 1.82) is 0 Å². The molecule has 2 aromatic rings. The van der Waals surface area contributed by atoms with Crippen LogP contribution < -0.4 is 10.6 Å². The fourth-order valence-corrected chi connectivity index (χ4v) is 2.82. The lowest BCUT2D eigenvalue weighted by atomic mass is 9.98. The van der Waals surface area contributed by atoms with Gasteiger partial charge < -0.3 is 10.6 Å². The summed E-state index contributed by atoms with van der Waals surface area (Å²) < 4.78 is 0. The van der Waals surface area contributed by atoms with Gasteiger partial charge in [0.25, 0.3) is 5.91 Å². The van der Waals surface area contributed by atoms with E-state index in [1.807, 2.05) is 57.2 Å². The summed E-state index contributed by atoms with van der Waals surface area (Å²) in [6, 6.07) is 14.6. The second kappa shape index (κ2) is 9.36. The Bertz CT molecular complexity index is 764. The third kappa shape index (κ3) is 5.68. The molecule has 0 saturated carbocycles. The Morgan fingerprint density at radius 3 is 2.04 bits per heavy atom. The molecule has 0 aliphatic heterocycles. The van der Waals surface area contributed by atoms with Crippen LogP contribution in [0.25, 0.3) is 0 Å². The normalized spacial score (nSPS) is 13.1. The number of aryl methyl sites for hydroxylation is 1. The van der Waals surface area contributed by atoms with Crippen molar-refractivity contribution in [2.45, 2.75) is 53.0 Å². The van der Waals surface area contributed by atoms with Crippen LogP contribution in [0.1, 0.15) is 61.5 Å². The molecule has 2 rings (SSSR count). The van der Waals surface area contributed by atoms with E-state index in [-0.39, 0.29) is 17.7 Å². The van der Waals surface area contributed by atoms with Gasteiger partial charge in [-0.05, 0) is 55.0 Å². The minimum Gasteiger partial charge on any atom is -0.340 e. The van der Waals surface area contributed by atoms with Crippen LogP contribution in [-0.2, 0) is 4.79 Å². The number of nitrogens with one attached hydrogen (secondary N) is 2. The van der Waals surface area contributed by atoms with Crippen molar-refractivity contribution in [2.75, 3.05) is 5.32 Å². The molecule has 2 N–H and O–H groups in total. The molecule has 4 heteroatoms. The second-order valence-electron chi connectivity index (χ2n) is 7.48. The van der Waals surface area contributed by atoms with Crippen LogP contribution in [0, 0.1) is 12.8 Å². The molecule has 0 heterocycles. The third-order valence-corrected chi connectivity index (χ3v) is 4.91. The molecule has 0 spiro atoms. The van der Waals surface area contributed by atoms with E-state index < -0.39 is 6.04 Å². The first-order valence-corrected chi connectivity index (χ1v) is 9.60. The smallest absolute Gasteiger partial charge is 0.251 e. The van der Waals surface area contributed by atoms with Crippen LogP contribution in [0.2, 0.25) is 0 Å². The maximum absolute atomic E-state index is 12.7. The van der Waals surface area contributed by atoms with Crippen LogP contribution in [-0.4, -0.2) is 17.9 Å². The number of carbonyl (C=O) groups is 2. The highest BCUT2D eigenvalue weighted by atomic mass is 16.2. The van der Waals surface area contributed by atoms with Crippen molar-refractivity contribution in [1.82, 2.24) is 5.32 Å². The van der Waals surface area contributed by atoms with E-state index in [4.69, 9.17) is 0 Å². The summed E-state index contributed by atoms with van der Waals surface area (Å²) >= 11 is 0. The van der Waals surface area contributed by atoms with Gasteiger partial charge in [0.15, 0.2) is 0 Å². The summed E-state index contributed by atoms with van der Waals surface area (Å²) in [4.78, 5) is 25.2. The van der Waals surface area contributed by atoms with E-state index in [0.29, 0.717) is 11.5 Å². The van der Waals surface area contributed by atoms with Crippen LogP contribution in [0.4, 0.5) is 5.69 Å². The van der Waals surface area contributed by atoms with Crippen LogP contribution in [0.15, 0.2) is 48.5 Å². The zero-order valence-corrected chi connectivity index (χ0v) is 16.9. The number of hydrogen-bond acceptors (Lipinski definition) is 2. The van der Waals surface area contributed by atoms with E-state index in [0.717, 1.165) is 17.7 Å². The lowest BCUT2D eigenvalue weighted by Gasteiger charge is -2.22. The Balaban J connectivity index is 2.06. The molecule has 0 unspecified atom stereocenters. The lowest BCUT2D eigenvalue weighted by Crippen LogP contribution is -2.47. The molecule has 27 heavy (non-hydrogen) atoms. The molecule has 2 amide bonds. The molecule has 0 saturated heterocycles. The van der Waals surface area contributed by atoms with Crippen molar-refractivity contribution in [3.05, 3.63) is 65.2 Å². The number of benzene rings is 2. The number of rotatable bonds is 7.